The van der Waals surface area contributed by atoms with Crippen LogP contribution in [0.3, 0.4) is 0 Å². The van der Waals surface area contributed by atoms with Crippen LogP contribution in [0.25, 0.3) is 0 Å². The van der Waals surface area contributed by atoms with Gasteiger partial charge in [-0.25, -0.2) is 0 Å². The molecule has 3 fully saturated rings. The molecular formula is C26H38O5. The third kappa shape index (κ3) is 4.76. The monoisotopic (exact) mass is 430 g/mol. The summed E-state index contributed by atoms with van der Waals surface area (Å²) in [6, 6.07) is 0. The molecule has 31 heavy (non-hydrogen) atoms. The molecule has 0 aromatic carbocycles. The molecule has 0 aromatic rings. The molecule has 0 aliphatic carbocycles. The molecule has 8 unspecified atom stereocenters. The maximum Gasteiger partial charge on any atom is 0.110 e. The van der Waals surface area contributed by atoms with Gasteiger partial charge in [-0.2, -0.15) is 0 Å². The van der Waals surface area contributed by atoms with Crippen molar-refractivity contribution in [3.8, 4) is 0 Å². The van der Waals surface area contributed by atoms with Crippen molar-refractivity contribution >= 4 is 0 Å². The van der Waals surface area contributed by atoms with Gasteiger partial charge in [0.1, 0.15) is 17.8 Å². The van der Waals surface area contributed by atoms with E-state index in [0.717, 1.165) is 45.1 Å². The van der Waals surface area contributed by atoms with Crippen LogP contribution < -0.4 is 0 Å². The van der Waals surface area contributed by atoms with Gasteiger partial charge in [-0.05, 0) is 46.5 Å². The first-order chi connectivity index (χ1) is 14.8. The van der Waals surface area contributed by atoms with Crippen molar-refractivity contribution in [2.45, 2.75) is 107 Å². The second-order valence-corrected chi connectivity index (χ2v) is 10.1. The molecule has 0 aromatic heterocycles. The van der Waals surface area contributed by atoms with Gasteiger partial charge in [-0.1, -0.05) is 42.5 Å². The Morgan fingerprint density at radius 2 is 1.94 bits per heavy atom. The fourth-order valence-electron chi connectivity index (χ4n) is 5.48. The molecule has 5 nitrogen and oxygen atoms in total. The maximum atomic E-state index is 11.0. The zero-order valence-corrected chi connectivity index (χ0v) is 19.2. The lowest BCUT2D eigenvalue weighted by Crippen LogP contribution is -2.66. The second kappa shape index (κ2) is 8.95. The van der Waals surface area contributed by atoms with Gasteiger partial charge in [0.15, 0.2) is 0 Å². The molecule has 8 atom stereocenters. The lowest BCUT2D eigenvalue weighted by Gasteiger charge is -2.56. The van der Waals surface area contributed by atoms with E-state index in [1.807, 2.05) is 42.5 Å². The molecule has 5 heteroatoms. The highest BCUT2D eigenvalue weighted by atomic mass is 16.6. The van der Waals surface area contributed by atoms with E-state index in [0.29, 0.717) is 0 Å². The molecule has 4 heterocycles. The Bertz CT molecular complexity index is 740. The SMILES string of the molecule is C=CC/C=C\C=C/C1OC2CC3OC4CCCCOC4(C)CC3(C)OC2C=CC1(C)O. The Kier molecular flexibility index (Phi) is 6.62. The molecule has 172 valence electrons. The van der Waals surface area contributed by atoms with Crippen molar-refractivity contribution in [3.63, 3.8) is 0 Å². The Labute approximate surface area is 186 Å². The number of fused-ring (bicyclic) bond motifs is 3. The Morgan fingerprint density at radius 1 is 1.10 bits per heavy atom. The predicted octanol–water partition coefficient (Wildman–Crippen LogP) is 4.41. The van der Waals surface area contributed by atoms with Crippen LogP contribution in [0.5, 0.6) is 0 Å². The zero-order chi connectivity index (χ0) is 22.1. The molecule has 0 amide bonds. The minimum Gasteiger partial charge on any atom is -0.383 e. The van der Waals surface area contributed by atoms with Crippen LogP contribution in [-0.4, -0.2) is 59.0 Å². The average molecular weight is 431 g/mol. The van der Waals surface area contributed by atoms with Crippen molar-refractivity contribution in [1.29, 1.82) is 0 Å². The summed E-state index contributed by atoms with van der Waals surface area (Å²) in [5.74, 6) is 0. The van der Waals surface area contributed by atoms with E-state index < -0.39 is 17.3 Å². The molecule has 3 saturated heterocycles. The van der Waals surface area contributed by atoms with E-state index in [4.69, 9.17) is 18.9 Å². The van der Waals surface area contributed by atoms with E-state index >= 15 is 0 Å². The van der Waals surface area contributed by atoms with Crippen molar-refractivity contribution in [2.24, 2.45) is 0 Å². The lowest BCUT2D eigenvalue weighted by molar-refractivity contribution is -0.310. The van der Waals surface area contributed by atoms with Gasteiger partial charge >= 0.3 is 0 Å². The maximum absolute atomic E-state index is 11.0. The summed E-state index contributed by atoms with van der Waals surface area (Å²) in [5.41, 5.74) is -1.88. The number of allylic oxidation sites excluding steroid dienone is 4. The molecule has 4 rings (SSSR count). The Balaban J connectivity index is 1.52. The number of hydrogen-bond donors (Lipinski definition) is 1. The summed E-state index contributed by atoms with van der Waals surface area (Å²) < 4.78 is 26.0. The third-order valence-electron chi connectivity index (χ3n) is 7.26. The van der Waals surface area contributed by atoms with Crippen molar-refractivity contribution in [2.75, 3.05) is 6.61 Å². The minimum absolute atomic E-state index is 0.0536. The van der Waals surface area contributed by atoms with Crippen LogP contribution in [0.4, 0.5) is 0 Å². The molecule has 1 N–H and O–H groups in total. The summed E-state index contributed by atoms with van der Waals surface area (Å²) >= 11 is 0. The van der Waals surface area contributed by atoms with Crippen LogP contribution in [0.2, 0.25) is 0 Å². The van der Waals surface area contributed by atoms with Gasteiger partial charge in [0.25, 0.3) is 0 Å². The number of rotatable bonds is 4. The fraction of sp³-hybridized carbons (Fsp3) is 0.692. The van der Waals surface area contributed by atoms with Crippen molar-refractivity contribution in [1.82, 2.24) is 0 Å². The van der Waals surface area contributed by atoms with Crippen LogP contribution in [0, 0.1) is 0 Å². The smallest absolute Gasteiger partial charge is 0.110 e. The van der Waals surface area contributed by atoms with Gasteiger partial charge in [0, 0.05) is 19.4 Å². The summed E-state index contributed by atoms with van der Waals surface area (Å²) in [6.07, 6.45) is 18.2. The molecule has 0 radical (unpaired) electrons. The molecular weight excluding hydrogens is 392 g/mol. The zero-order valence-electron chi connectivity index (χ0n) is 19.2. The minimum atomic E-state index is -1.11. The van der Waals surface area contributed by atoms with Crippen LogP contribution in [0.1, 0.15) is 59.3 Å². The fourth-order valence-corrected chi connectivity index (χ4v) is 5.48. The van der Waals surface area contributed by atoms with Crippen LogP contribution in [0.15, 0.2) is 49.1 Å². The van der Waals surface area contributed by atoms with E-state index in [9.17, 15) is 5.11 Å². The first-order valence-corrected chi connectivity index (χ1v) is 11.7. The van der Waals surface area contributed by atoms with Gasteiger partial charge in [-0.15, -0.1) is 6.58 Å². The largest absolute Gasteiger partial charge is 0.383 e. The van der Waals surface area contributed by atoms with Crippen molar-refractivity contribution < 1.29 is 24.1 Å². The van der Waals surface area contributed by atoms with Crippen molar-refractivity contribution in [3.05, 3.63) is 49.1 Å². The summed E-state index contributed by atoms with van der Waals surface area (Å²) in [6.45, 7) is 10.6. The van der Waals surface area contributed by atoms with Gasteiger partial charge in [0.2, 0.25) is 0 Å². The molecule has 4 aliphatic rings. The molecule has 0 bridgehead atoms. The number of aliphatic hydroxyl groups is 1. The average Bonchev–Trinajstić information content (AvgIpc) is 2.95. The quantitative estimate of drug-likeness (QED) is 0.529. The van der Waals surface area contributed by atoms with Gasteiger partial charge in [-0.3, -0.25) is 0 Å². The summed E-state index contributed by atoms with van der Waals surface area (Å²) in [4.78, 5) is 0. The van der Waals surface area contributed by atoms with E-state index in [1.54, 1.807) is 6.92 Å². The topological polar surface area (TPSA) is 57.2 Å². The highest BCUT2D eigenvalue weighted by molar-refractivity contribution is 5.19. The Morgan fingerprint density at radius 3 is 2.74 bits per heavy atom. The van der Waals surface area contributed by atoms with Gasteiger partial charge in [0.05, 0.1) is 29.5 Å². The number of hydrogen-bond acceptors (Lipinski definition) is 5. The Hall–Kier alpha value is -1.24. The molecule has 0 spiro atoms. The van der Waals surface area contributed by atoms with E-state index in [-0.39, 0.29) is 30.0 Å². The molecule has 0 saturated carbocycles. The highest BCUT2D eigenvalue weighted by Gasteiger charge is 2.58. The standard InChI is InChI=1S/C26H38O5/c1-5-6-7-8-9-12-21-24(2,27)15-14-19-20(29-21)17-23-26(4,31-19)18-25(3)22(30-23)13-10-11-16-28-25/h5,7-9,12,14-15,19-23,27H,1,6,10-11,13,16-18H2,2-4H3/b8-7-,12-9-. The summed E-state index contributed by atoms with van der Waals surface area (Å²) in [7, 11) is 0. The van der Waals surface area contributed by atoms with E-state index in [1.165, 1.54) is 0 Å². The van der Waals surface area contributed by atoms with Crippen LogP contribution in [-0.2, 0) is 18.9 Å². The normalized spacial score (nSPS) is 47.9. The summed E-state index contributed by atoms with van der Waals surface area (Å²) in [5, 5.41) is 11.0. The van der Waals surface area contributed by atoms with E-state index in [2.05, 4.69) is 20.4 Å². The molecule has 4 aliphatic heterocycles. The third-order valence-corrected chi connectivity index (χ3v) is 7.26. The number of ether oxygens (including phenoxy) is 4. The van der Waals surface area contributed by atoms with Gasteiger partial charge < -0.3 is 24.1 Å². The predicted molar refractivity (Wildman–Crippen MR) is 121 cm³/mol. The first-order valence-electron chi connectivity index (χ1n) is 11.7. The van der Waals surface area contributed by atoms with Crippen LogP contribution >= 0.6 is 0 Å². The lowest BCUT2D eigenvalue weighted by atomic mass is 9.74. The first kappa shape index (κ1) is 22.9. The highest BCUT2D eigenvalue weighted by Crippen LogP contribution is 2.48. The second-order valence-electron chi connectivity index (χ2n) is 10.1.